The number of aliphatic hydroxyl groups is 1. The maximum atomic E-state index is 12.6. The summed E-state index contributed by atoms with van der Waals surface area (Å²) in [5.74, 6) is 0.481. The van der Waals surface area contributed by atoms with Crippen molar-refractivity contribution >= 4 is 11.4 Å². The van der Waals surface area contributed by atoms with Gasteiger partial charge in [-0.25, -0.2) is 4.98 Å². The van der Waals surface area contributed by atoms with Gasteiger partial charge in [0.25, 0.3) is 0 Å². The summed E-state index contributed by atoms with van der Waals surface area (Å²) in [5.41, 5.74) is 5.12. The average molecular weight is 289 g/mol. The molecule has 1 aliphatic carbocycles. The standard InChI is InChI=1S/C13H18F3N3O/c14-13(15,16)12-4-11(10(17)6-19-12)18-5-8-2-1-3-9(8)7-20/h4,6,8-9,20H,1-3,5,7,17H2,(H,18,19). The lowest BCUT2D eigenvalue weighted by Crippen LogP contribution is -2.21. The number of hydrogen-bond donors (Lipinski definition) is 3. The van der Waals surface area contributed by atoms with E-state index in [9.17, 15) is 18.3 Å². The molecule has 112 valence electrons. The number of nitrogen functional groups attached to an aromatic ring is 1. The Bertz CT molecular complexity index is 465. The molecule has 1 fully saturated rings. The lowest BCUT2D eigenvalue weighted by Gasteiger charge is -2.19. The minimum atomic E-state index is -4.48. The summed E-state index contributed by atoms with van der Waals surface area (Å²) in [6.45, 7) is 0.628. The molecular formula is C13H18F3N3O. The first-order chi connectivity index (χ1) is 9.41. The van der Waals surface area contributed by atoms with Gasteiger partial charge in [-0.05, 0) is 30.7 Å². The number of nitrogens with two attached hydrogens (primary N) is 1. The van der Waals surface area contributed by atoms with Crippen LogP contribution in [0.15, 0.2) is 12.3 Å². The highest BCUT2D eigenvalue weighted by atomic mass is 19.4. The van der Waals surface area contributed by atoms with Crippen LogP contribution in [-0.2, 0) is 6.18 Å². The minimum Gasteiger partial charge on any atom is -0.396 e. The second-order valence-electron chi connectivity index (χ2n) is 5.17. The molecule has 1 saturated carbocycles. The fourth-order valence-electron chi connectivity index (χ4n) is 2.64. The molecule has 7 heteroatoms. The SMILES string of the molecule is Nc1cnc(C(F)(F)F)cc1NCC1CCCC1CO. The van der Waals surface area contributed by atoms with Crippen molar-refractivity contribution < 1.29 is 18.3 Å². The van der Waals surface area contributed by atoms with Gasteiger partial charge in [-0.15, -0.1) is 0 Å². The van der Waals surface area contributed by atoms with Crippen LogP contribution in [0, 0.1) is 11.8 Å². The lowest BCUT2D eigenvalue weighted by molar-refractivity contribution is -0.141. The first-order valence-electron chi connectivity index (χ1n) is 6.59. The maximum absolute atomic E-state index is 12.6. The number of nitrogens with one attached hydrogen (secondary N) is 1. The Labute approximate surface area is 115 Å². The molecule has 0 radical (unpaired) electrons. The Morgan fingerprint density at radius 3 is 2.70 bits per heavy atom. The number of anilines is 2. The van der Waals surface area contributed by atoms with Crippen molar-refractivity contribution in [1.29, 1.82) is 0 Å². The number of aromatic nitrogens is 1. The van der Waals surface area contributed by atoms with Crippen LogP contribution in [-0.4, -0.2) is 23.2 Å². The normalized spacial score (nSPS) is 23.0. The van der Waals surface area contributed by atoms with E-state index in [1.807, 2.05) is 0 Å². The summed E-state index contributed by atoms with van der Waals surface area (Å²) in [5, 5.41) is 12.2. The average Bonchev–Trinajstić information content (AvgIpc) is 2.83. The highest BCUT2D eigenvalue weighted by Gasteiger charge is 2.33. The predicted molar refractivity (Wildman–Crippen MR) is 70.1 cm³/mol. The van der Waals surface area contributed by atoms with Crippen LogP contribution >= 0.6 is 0 Å². The highest BCUT2D eigenvalue weighted by molar-refractivity contribution is 5.65. The van der Waals surface area contributed by atoms with E-state index in [1.165, 1.54) is 0 Å². The van der Waals surface area contributed by atoms with Crippen LogP contribution in [0.5, 0.6) is 0 Å². The molecule has 1 heterocycles. The molecule has 0 aliphatic heterocycles. The monoisotopic (exact) mass is 289 g/mol. The number of nitrogens with zero attached hydrogens (tertiary/aromatic N) is 1. The van der Waals surface area contributed by atoms with Gasteiger partial charge in [0.05, 0.1) is 17.6 Å². The molecule has 2 atom stereocenters. The molecule has 0 amide bonds. The molecule has 1 aromatic heterocycles. The van der Waals surface area contributed by atoms with Crippen LogP contribution in [0.25, 0.3) is 0 Å². The quantitative estimate of drug-likeness (QED) is 0.796. The molecule has 1 aliphatic rings. The van der Waals surface area contributed by atoms with Crippen molar-refractivity contribution in [2.75, 3.05) is 24.2 Å². The Kier molecular flexibility index (Phi) is 4.37. The smallest absolute Gasteiger partial charge is 0.396 e. The zero-order valence-corrected chi connectivity index (χ0v) is 11.0. The number of alkyl halides is 3. The number of aliphatic hydroxyl groups excluding tert-OH is 1. The summed E-state index contributed by atoms with van der Waals surface area (Å²) in [4.78, 5) is 3.29. The van der Waals surface area contributed by atoms with E-state index in [4.69, 9.17) is 5.73 Å². The van der Waals surface area contributed by atoms with Gasteiger partial charge in [-0.3, -0.25) is 0 Å². The fourth-order valence-corrected chi connectivity index (χ4v) is 2.64. The van der Waals surface area contributed by atoms with Crippen LogP contribution in [0.2, 0.25) is 0 Å². The molecule has 0 spiro atoms. The van der Waals surface area contributed by atoms with E-state index in [0.29, 0.717) is 6.54 Å². The third-order valence-corrected chi connectivity index (χ3v) is 3.83. The van der Waals surface area contributed by atoms with Crippen LogP contribution in [0.1, 0.15) is 25.0 Å². The molecule has 4 N–H and O–H groups in total. The van der Waals surface area contributed by atoms with E-state index in [2.05, 4.69) is 10.3 Å². The van der Waals surface area contributed by atoms with Crippen molar-refractivity contribution in [3.05, 3.63) is 18.0 Å². The highest BCUT2D eigenvalue weighted by Crippen LogP contribution is 2.33. The van der Waals surface area contributed by atoms with Gasteiger partial charge in [-0.2, -0.15) is 13.2 Å². The Balaban J connectivity index is 2.05. The summed E-state index contributed by atoms with van der Waals surface area (Å²) < 4.78 is 37.8. The molecule has 20 heavy (non-hydrogen) atoms. The third kappa shape index (κ3) is 3.33. The first kappa shape index (κ1) is 14.9. The molecule has 0 aromatic carbocycles. The largest absolute Gasteiger partial charge is 0.433 e. The Morgan fingerprint density at radius 2 is 2.05 bits per heavy atom. The Morgan fingerprint density at radius 1 is 1.35 bits per heavy atom. The number of pyridine rings is 1. The van der Waals surface area contributed by atoms with E-state index >= 15 is 0 Å². The van der Waals surface area contributed by atoms with Crippen molar-refractivity contribution in [2.24, 2.45) is 11.8 Å². The van der Waals surface area contributed by atoms with Crippen molar-refractivity contribution in [3.8, 4) is 0 Å². The van der Waals surface area contributed by atoms with Crippen LogP contribution in [0.4, 0.5) is 24.5 Å². The second-order valence-corrected chi connectivity index (χ2v) is 5.17. The lowest BCUT2D eigenvalue weighted by atomic mass is 9.97. The zero-order valence-electron chi connectivity index (χ0n) is 11.0. The molecular weight excluding hydrogens is 271 g/mol. The van der Waals surface area contributed by atoms with Crippen LogP contribution in [0.3, 0.4) is 0 Å². The van der Waals surface area contributed by atoms with Crippen molar-refractivity contribution in [3.63, 3.8) is 0 Å². The summed E-state index contributed by atoms with van der Waals surface area (Å²) >= 11 is 0. The van der Waals surface area contributed by atoms with E-state index in [0.717, 1.165) is 31.5 Å². The summed E-state index contributed by atoms with van der Waals surface area (Å²) in [6, 6.07) is 0.929. The molecule has 2 unspecified atom stereocenters. The predicted octanol–water partition coefficient (Wildman–Crippen LogP) is 2.50. The van der Waals surface area contributed by atoms with E-state index in [-0.39, 0.29) is 29.8 Å². The molecule has 1 aromatic rings. The van der Waals surface area contributed by atoms with Gasteiger partial charge < -0.3 is 16.2 Å². The summed E-state index contributed by atoms with van der Waals surface area (Å²) in [7, 11) is 0. The van der Waals surface area contributed by atoms with Gasteiger partial charge >= 0.3 is 6.18 Å². The Hall–Kier alpha value is -1.50. The topological polar surface area (TPSA) is 71.2 Å². The van der Waals surface area contributed by atoms with Crippen molar-refractivity contribution in [1.82, 2.24) is 4.98 Å². The summed E-state index contributed by atoms with van der Waals surface area (Å²) in [6.07, 6.45) is -0.497. The van der Waals surface area contributed by atoms with E-state index in [1.54, 1.807) is 0 Å². The van der Waals surface area contributed by atoms with E-state index < -0.39 is 11.9 Å². The number of rotatable bonds is 4. The van der Waals surface area contributed by atoms with Gasteiger partial charge in [0.15, 0.2) is 0 Å². The molecule has 0 bridgehead atoms. The third-order valence-electron chi connectivity index (χ3n) is 3.83. The van der Waals surface area contributed by atoms with Gasteiger partial charge in [0.1, 0.15) is 5.69 Å². The second kappa shape index (κ2) is 5.87. The maximum Gasteiger partial charge on any atom is 0.433 e. The van der Waals surface area contributed by atoms with Gasteiger partial charge in [0, 0.05) is 13.2 Å². The minimum absolute atomic E-state index is 0.117. The van der Waals surface area contributed by atoms with Crippen LogP contribution < -0.4 is 11.1 Å². The fraction of sp³-hybridized carbons (Fsp3) is 0.615. The molecule has 2 rings (SSSR count). The first-order valence-corrected chi connectivity index (χ1v) is 6.59. The van der Waals surface area contributed by atoms with Crippen molar-refractivity contribution in [2.45, 2.75) is 25.4 Å². The number of hydrogen-bond acceptors (Lipinski definition) is 4. The molecule has 4 nitrogen and oxygen atoms in total. The van der Waals surface area contributed by atoms with Gasteiger partial charge in [-0.1, -0.05) is 6.42 Å². The van der Waals surface area contributed by atoms with Gasteiger partial charge in [0.2, 0.25) is 0 Å². The zero-order chi connectivity index (χ0) is 14.8. The number of halogens is 3. The molecule has 0 saturated heterocycles.